The average molecular weight is 273 g/mol. The molecule has 1 heterocycles. The lowest BCUT2D eigenvalue weighted by Gasteiger charge is -2.25. The van der Waals surface area contributed by atoms with Crippen molar-refractivity contribution in [3.8, 4) is 5.75 Å². The molecule has 0 unspecified atom stereocenters. The summed E-state index contributed by atoms with van der Waals surface area (Å²) in [6, 6.07) is 6.56. The molecule has 1 aliphatic carbocycles. The lowest BCUT2D eigenvalue weighted by atomic mass is 9.89. The zero-order chi connectivity index (χ0) is 13.8. The van der Waals surface area contributed by atoms with Crippen LogP contribution in [0.15, 0.2) is 18.2 Å². The van der Waals surface area contributed by atoms with Crippen LogP contribution >= 0.6 is 0 Å². The van der Waals surface area contributed by atoms with Crippen molar-refractivity contribution in [2.24, 2.45) is 5.92 Å². The Hall–Kier alpha value is -1.02. The third-order valence-corrected chi connectivity index (χ3v) is 4.91. The van der Waals surface area contributed by atoms with Crippen LogP contribution in [0, 0.1) is 12.8 Å². The number of piperidine rings is 1. The summed E-state index contributed by atoms with van der Waals surface area (Å²) in [6.45, 7) is 4.59. The van der Waals surface area contributed by atoms with E-state index in [-0.39, 0.29) is 0 Å². The van der Waals surface area contributed by atoms with Crippen LogP contribution in [-0.2, 0) is 6.42 Å². The van der Waals surface area contributed by atoms with Gasteiger partial charge in [-0.15, -0.1) is 0 Å². The van der Waals surface area contributed by atoms with Crippen molar-refractivity contribution in [3.05, 3.63) is 29.3 Å². The lowest BCUT2D eigenvalue weighted by molar-refractivity contribution is 0.206. The molecule has 1 aromatic rings. The maximum Gasteiger partial charge on any atom is 0.123 e. The maximum atomic E-state index is 6.31. The van der Waals surface area contributed by atoms with Gasteiger partial charge in [0.05, 0.1) is 6.10 Å². The Morgan fingerprint density at radius 1 is 1.10 bits per heavy atom. The predicted octanol–water partition coefficient (Wildman–Crippen LogP) is 3.86. The first-order chi connectivity index (χ1) is 9.83. The molecule has 1 saturated carbocycles. The fourth-order valence-corrected chi connectivity index (χ4v) is 3.61. The second kappa shape index (κ2) is 6.62. The minimum absolute atomic E-state index is 0.462. The highest BCUT2D eigenvalue weighted by atomic mass is 16.5. The first-order valence-electron chi connectivity index (χ1n) is 8.29. The van der Waals surface area contributed by atoms with Crippen LogP contribution in [0.2, 0.25) is 0 Å². The standard InChI is InChI=1S/C18H27NO/c1-14-5-4-8-18(20-16-6-2-3-7-16)17(14)13-15-9-11-19-12-10-15/h4-5,8,15-16,19H,2-3,6-7,9-13H2,1H3. The third kappa shape index (κ3) is 3.35. The van der Waals surface area contributed by atoms with Crippen LogP contribution in [-0.4, -0.2) is 19.2 Å². The number of ether oxygens (including phenoxy) is 1. The fraction of sp³-hybridized carbons (Fsp3) is 0.667. The minimum Gasteiger partial charge on any atom is -0.490 e. The third-order valence-electron chi connectivity index (χ3n) is 4.91. The largest absolute Gasteiger partial charge is 0.490 e. The molecule has 0 radical (unpaired) electrons. The summed E-state index contributed by atoms with van der Waals surface area (Å²) in [5.74, 6) is 1.98. The minimum atomic E-state index is 0.462. The monoisotopic (exact) mass is 273 g/mol. The van der Waals surface area contributed by atoms with E-state index in [1.54, 1.807) is 0 Å². The molecule has 2 heteroatoms. The Balaban J connectivity index is 1.73. The molecule has 1 aromatic carbocycles. The average Bonchev–Trinajstić information content (AvgIpc) is 2.97. The molecule has 0 bridgehead atoms. The van der Waals surface area contributed by atoms with Gasteiger partial charge in [0.2, 0.25) is 0 Å². The molecule has 1 aliphatic heterocycles. The van der Waals surface area contributed by atoms with E-state index < -0.39 is 0 Å². The van der Waals surface area contributed by atoms with Crippen molar-refractivity contribution in [2.75, 3.05) is 13.1 Å². The van der Waals surface area contributed by atoms with Gasteiger partial charge in [-0.05, 0) is 88.1 Å². The maximum absolute atomic E-state index is 6.31. The summed E-state index contributed by atoms with van der Waals surface area (Å²) in [5, 5.41) is 3.46. The molecule has 20 heavy (non-hydrogen) atoms. The van der Waals surface area contributed by atoms with Crippen LogP contribution in [0.25, 0.3) is 0 Å². The zero-order valence-electron chi connectivity index (χ0n) is 12.7. The van der Waals surface area contributed by atoms with Gasteiger partial charge in [-0.1, -0.05) is 12.1 Å². The predicted molar refractivity (Wildman–Crippen MR) is 83.4 cm³/mol. The molecule has 2 aliphatic rings. The van der Waals surface area contributed by atoms with Crippen molar-refractivity contribution >= 4 is 0 Å². The second-order valence-corrected chi connectivity index (χ2v) is 6.47. The number of hydrogen-bond acceptors (Lipinski definition) is 2. The molecule has 2 fully saturated rings. The Labute approximate surface area is 122 Å². The molecular formula is C18H27NO. The van der Waals surface area contributed by atoms with Crippen LogP contribution in [0.3, 0.4) is 0 Å². The first kappa shape index (κ1) is 13.9. The van der Waals surface area contributed by atoms with Crippen molar-refractivity contribution in [1.82, 2.24) is 5.32 Å². The molecular weight excluding hydrogens is 246 g/mol. The summed E-state index contributed by atoms with van der Waals surface area (Å²) in [7, 11) is 0. The summed E-state index contributed by atoms with van der Waals surface area (Å²) < 4.78 is 6.31. The van der Waals surface area contributed by atoms with Crippen LogP contribution < -0.4 is 10.1 Å². The highest BCUT2D eigenvalue weighted by Crippen LogP contribution is 2.31. The van der Waals surface area contributed by atoms with E-state index in [0.29, 0.717) is 6.10 Å². The van der Waals surface area contributed by atoms with E-state index in [1.807, 2.05) is 0 Å². The summed E-state index contributed by atoms with van der Waals surface area (Å²) in [5.41, 5.74) is 2.87. The van der Waals surface area contributed by atoms with E-state index in [9.17, 15) is 0 Å². The normalized spacial score (nSPS) is 21.2. The highest BCUT2D eigenvalue weighted by molar-refractivity contribution is 5.40. The van der Waals surface area contributed by atoms with E-state index in [0.717, 1.165) is 11.7 Å². The van der Waals surface area contributed by atoms with Gasteiger partial charge in [-0.2, -0.15) is 0 Å². The molecule has 0 amide bonds. The number of benzene rings is 1. The van der Waals surface area contributed by atoms with E-state index in [4.69, 9.17) is 4.74 Å². The first-order valence-corrected chi connectivity index (χ1v) is 8.29. The van der Waals surface area contributed by atoms with Crippen molar-refractivity contribution in [1.29, 1.82) is 0 Å². The summed E-state index contributed by atoms with van der Waals surface area (Å²) >= 11 is 0. The molecule has 0 atom stereocenters. The Morgan fingerprint density at radius 2 is 1.85 bits per heavy atom. The Morgan fingerprint density at radius 3 is 2.60 bits per heavy atom. The van der Waals surface area contributed by atoms with Crippen molar-refractivity contribution in [2.45, 2.75) is 58.0 Å². The van der Waals surface area contributed by atoms with Gasteiger partial charge < -0.3 is 10.1 Å². The molecule has 2 nitrogen and oxygen atoms in total. The topological polar surface area (TPSA) is 21.3 Å². The smallest absolute Gasteiger partial charge is 0.123 e. The molecule has 3 rings (SSSR count). The number of nitrogens with one attached hydrogen (secondary N) is 1. The number of aryl methyl sites for hydroxylation is 1. The van der Waals surface area contributed by atoms with Gasteiger partial charge in [0.15, 0.2) is 0 Å². The van der Waals surface area contributed by atoms with Crippen molar-refractivity contribution < 1.29 is 4.74 Å². The molecule has 1 saturated heterocycles. The van der Waals surface area contributed by atoms with E-state index in [1.165, 1.54) is 69.2 Å². The lowest BCUT2D eigenvalue weighted by Crippen LogP contribution is -2.29. The molecule has 0 spiro atoms. The van der Waals surface area contributed by atoms with Gasteiger partial charge in [0, 0.05) is 0 Å². The van der Waals surface area contributed by atoms with E-state index in [2.05, 4.69) is 30.4 Å². The van der Waals surface area contributed by atoms with Gasteiger partial charge in [-0.3, -0.25) is 0 Å². The summed E-state index contributed by atoms with van der Waals surface area (Å²) in [6.07, 6.45) is 9.40. The molecule has 110 valence electrons. The second-order valence-electron chi connectivity index (χ2n) is 6.47. The van der Waals surface area contributed by atoms with Crippen molar-refractivity contribution in [3.63, 3.8) is 0 Å². The van der Waals surface area contributed by atoms with Crippen LogP contribution in [0.4, 0.5) is 0 Å². The Bertz CT molecular complexity index is 431. The Kier molecular flexibility index (Phi) is 4.62. The van der Waals surface area contributed by atoms with Gasteiger partial charge in [-0.25, -0.2) is 0 Å². The fourth-order valence-electron chi connectivity index (χ4n) is 3.61. The van der Waals surface area contributed by atoms with E-state index >= 15 is 0 Å². The zero-order valence-corrected chi connectivity index (χ0v) is 12.7. The highest BCUT2D eigenvalue weighted by Gasteiger charge is 2.21. The van der Waals surface area contributed by atoms with Crippen LogP contribution in [0.1, 0.15) is 49.7 Å². The molecule has 1 N–H and O–H groups in total. The SMILES string of the molecule is Cc1cccc(OC2CCCC2)c1CC1CCNCC1. The quantitative estimate of drug-likeness (QED) is 0.899. The number of rotatable bonds is 4. The van der Waals surface area contributed by atoms with Gasteiger partial charge in [0.25, 0.3) is 0 Å². The van der Waals surface area contributed by atoms with Gasteiger partial charge >= 0.3 is 0 Å². The molecule has 0 aromatic heterocycles. The van der Waals surface area contributed by atoms with Gasteiger partial charge in [0.1, 0.15) is 5.75 Å². The summed E-state index contributed by atoms with van der Waals surface area (Å²) in [4.78, 5) is 0. The number of hydrogen-bond donors (Lipinski definition) is 1. The van der Waals surface area contributed by atoms with Crippen LogP contribution in [0.5, 0.6) is 5.75 Å².